The molecule has 1 N–H and O–H groups in total. The van der Waals surface area contributed by atoms with Gasteiger partial charge in [0, 0.05) is 23.6 Å². The second kappa shape index (κ2) is 3.16. The highest BCUT2D eigenvalue weighted by molar-refractivity contribution is 9.10. The lowest BCUT2D eigenvalue weighted by atomic mass is 10.2. The van der Waals surface area contributed by atoms with Crippen LogP contribution < -0.4 is 10.2 Å². The van der Waals surface area contributed by atoms with Crippen molar-refractivity contribution in [2.45, 2.75) is 18.9 Å². The zero-order valence-corrected chi connectivity index (χ0v) is 9.55. The maximum atomic E-state index is 3.53. The number of nitrogens with one attached hydrogen (secondary N) is 1. The Morgan fingerprint density at radius 2 is 2.21 bits per heavy atom. The Kier molecular flexibility index (Phi) is 1.94. The number of anilines is 2. The second-order valence-corrected chi connectivity index (χ2v) is 4.93. The molecule has 0 radical (unpaired) electrons. The summed E-state index contributed by atoms with van der Waals surface area (Å²) >= 11 is 3.53. The first-order chi connectivity index (χ1) is 6.84. The first kappa shape index (κ1) is 8.60. The lowest BCUT2D eigenvalue weighted by Gasteiger charge is -2.32. The van der Waals surface area contributed by atoms with Gasteiger partial charge in [-0.15, -0.1) is 0 Å². The molecule has 3 heteroatoms. The van der Waals surface area contributed by atoms with Gasteiger partial charge in [-0.25, -0.2) is 0 Å². The van der Waals surface area contributed by atoms with Crippen LogP contribution in [0.2, 0.25) is 0 Å². The van der Waals surface area contributed by atoms with Crippen molar-refractivity contribution in [3.05, 3.63) is 22.7 Å². The maximum absolute atomic E-state index is 3.53. The van der Waals surface area contributed by atoms with Gasteiger partial charge in [0.1, 0.15) is 0 Å². The summed E-state index contributed by atoms with van der Waals surface area (Å²) < 4.78 is 1.17. The Hall–Kier alpha value is -0.700. The molecule has 3 rings (SSSR count). The summed E-state index contributed by atoms with van der Waals surface area (Å²) in [5.74, 6) is 0. The Bertz CT molecular complexity index is 360. The molecule has 1 fully saturated rings. The van der Waals surface area contributed by atoms with Crippen LogP contribution in [0.4, 0.5) is 11.4 Å². The zero-order chi connectivity index (χ0) is 9.54. The number of benzene rings is 1. The van der Waals surface area contributed by atoms with Crippen molar-refractivity contribution in [2.24, 2.45) is 0 Å². The van der Waals surface area contributed by atoms with Crippen LogP contribution in [0, 0.1) is 0 Å². The molecule has 0 saturated heterocycles. The molecule has 1 aliphatic carbocycles. The van der Waals surface area contributed by atoms with Crippen molar-refractivity contribution >= 4 is 27.3 Å². The molecule has 0 spiro atoms. The molecule has 74 valence electrons. The third kappa shape index (κ3) is 1.40. The van der Waals surface area contributed by atoms with Crippen molar-refractivity contribution in [3.8, 4) is 0 Å². The van der Waals surface area contributed by atoms with Crippen molar-refractivity contribution in [1.29, 1.82) is 0 Å². The number of nitrogens with zero attached hydrogens (tertiary/aromatic N) is 1. The van der Waals surface area contributed by atoms with E-state index >= 15 is 0 Å². The van der Waals surface area contributed by atoms with E-state index in [0.717, 1.165) is 19.1 Å². The van der Waals surface area contributed by atoms with Crippen molar-refractivity contribution in [1.82, 2.24) is 0 Å². The van der Waals surface area contributed by atoms with Gasteiger partial charge in [0.05, 0.1) is 11.4 Å². The minimum atomic E-state index is 0.810. The summed E-state index contributed by atoms with van der Waals surface area (Å²) in [4.78, 5) is 2.54. The van der Waals surface area contributed by atoms with Crippen LogP contribution in [0.25, 0.3) is 0 Å². The molecule has 0 aromatic heterocycles. The lowest BCUT2D eigenvalue weighted by Crippen LogP contribution is -2.35. The van der Waals surface area contributed by atoms with Gasteiger partial charge in [-0.3, -0.25) is 0 Å². The van der Waals surface area contributed by atoms with Gasteiger partial charge in [-0.05, 0) is 31.0 Å². The van der Waals surface area contributed by atoms with Crippen LogP contribution in [0.5, 0.6) is 0 Å². The van der Waals surface area contributed by atoms with Crippen molar-refractivity contribution < 1.29 is 0 Å². The summed E-state index contributed by atoms with van der Waals surface area (Å²) in [6.07, 6.45) is 2.73. The van der Waals surface area contributed by atoms with Gasteiger partial charge in [-0.2, -0.15) is 0 Å². The van der Waals surface area contributed by atoms with E-state index in [-0.39, 0.29) is 0 Å². The fraction of sp³-hybridized carbons (Fsp3) is 0.455. The SMILES string of the molecule is Brc1ccc2c(c1)N(C1CC1)CCN2. The number of hydrogen-bond acceptors (Lipinski definition) is 2. The Morgan fingerprint density at radius 1 is 1.36 bits per heavy atom. The zero-order valence-electron chi connectivity index (χ0n) is 7.96. The van der Waals surface area contributed by atoms with E-state index in [0.29, 0.717) is 0 Å². The average Bonchev–Trinajstić information content (AvgIpc) is 3.00. The Balaban J connectivity index is 2.02. The van der Waals surface area contributed by atoms with Gasteiger partial charge < -0.3 is 10.2 Å². The highest BCUT2D eigenvalue weighted by Crippen LogP contribution is 2.38. The third-order valence-electron chi connectivity index (χ3n) is 2.93. The molecule has 0 amide bonds. The predicted molar refractivity (Wildman–Crippen MR) is 63.0 cm³/mol. The van der Waals surface area contributed by atoms with Crippen LogP contribution in [0.1, 0.15) is 12.8 Å². The molecule has 1 heterocycles. The van der Waals surface area contributed by atoms with Crippen LogP contribution in [-0.2, 0) is 0 Å². The van der Waals surface area contributed by atoms with E-state index in [1.54, 1.807) is 0 Å². The number of rotatable bonds is 1. The van der Waals surface area contributed by atoms with E-state index in [9.17, 15) is 0 Å². The minimum Gasteiger partial charge on any atom is -0.382 e. The smallest absolute Gasteiger partial charge is 0.0616 e. The summed E-state index contributed by atoms with van der Waals surface area (Å²) in [5.41, 5.74) is 2.65. The van der Waals surface area contributed by atoms with E-state index in [1.807, 2.05) is 0 Å². The first-order valence-corrected chi connectivity index (χ1v) is 5.94. The van der Waals surface area contributed by atoms with Crippen LogP contribution in [0.15, 0.2) is 22.7 Å². The summed E-state index contributed by atoms with van der Waals surface area (Å²) in [6, 6.07) is 7.29. The normalized spacial score (nSPS) is 20.2. The Morgan fingerprint density at radius 3 is 3.00 bits per heavy atom. The minimum absolute atomic E-state index is 0.810. The highest BCUT2D eigenvalue weighted by Gasteiger charge is 2.31. The van der Waals surface area contributed by atoms with E-state index < -0.39 is 0 Å². The van der Waals surface area contributed by atoms with Crippen LogP contribution in [-0.4, -0.2) is 19.1 Å². The first-order valence-electron chi connectivity index (χ1n) is 5.15. The average molecular weight is 253 g/mol. The molecule has 0 atom stereocenters. The molecule has 0 bridgehead atoms. The largest absolute Gasteiger partial charge is 0.382 e. The number of halogens is 1. The molecule has 2 nitrogen and oxygen atoms in total. The van der Waals surface area contributed by atoms with Gasteiger partial charge in [0.25, 0.3) is 0 Å². The van der Waals surface area contributed by atoms with Gasteiger partial charge in [0.15, 0.2) is 0 Å². The summed E-state index contributed by atoms with van der Waals surface area (Å²) in [5, 5.41) is 3.44. The quantitative estimate of drug-likeness (QED) is 0.827. The van der Waals surface area contributed by atoms with Crippen molar-refractivity contribution in [2.75, 3.05) is 23.3 Å². The number of fused-ring (bicyclic) bond motifs is 1. The van der Waals surface area contributed by atoms with E-state index in [4.69, 9.17) is 0 Å². The predicted octanol–water partition coefficient (Wildman–Crippen LogP) is 2.84. The molecule has 0 unspecified atom stereocenters. The van der Waals surface area contributed by atoms with Crippen molar-refractivity contribution in [3.63, 3.8) is 0 Å². The van der Waals surface area contributed by atoms with Crippen LogP contribution >= 0.6 is 15.9 Å². The molecule has 2 aliphatic rings. The molecule has 1 aliphatic heterocycles. The molecular weight excluding hydrogens is 240 g/mol. The molecule has 14 heavy (non-hydrogen) atoms. The number of hydrogen-bond donors (Lipinski definition) is 1. The maximum Gasteiger partial charge on any atom is 0.0616 e. The van der Waals surface area contributed by atoms with Crippen LogP contribution in [0.3, 0.4) is 0 Å². The fourth-order valence-electron chi connectivity index (χ4n) is 2.09. The van der Waals surface area contributed by atoms with E-state index in [2.05, 4.69) is 44.3 Å². The Labute approximate surface area is 92.4 Å². The van der Waals surface area contributed by atoms with Gasteiger partial charge in [0.2, 0.25) is 0 Å². The van der Waals surface area contributed by atoms with Gasteiger partial charge in [-0.1, -0.05) is 15.9 Å². The summed E-state index contributed by atoms with van der Waals surface area (Å²) in [6.45, 7) is 2.22. The molecular formula is C11H13BrN2. The second-order valence-electron chi connectivity index (χ2n) is 4.01. The summed E-state index contributed by atoms with van der Waals surface area (Å²) in [7, 11) is 0. The van der Waals surface area contributed by atoms with E-state index in [1.165, 1.54) is 28.7 Å². The van der Waals surface area contributed by atoms with Gasteiger partial charge >= 0.3 is 0 Å². The molecule has 1 aromatic carbocycles. The monoisotopic (exact) mass is 252 g/mol. The molecule has 1 saturated carbocycles. The lowest BCUT2D eigenvalue weighted by molar-refractivity contribution is 0.782. The standard InChI is InChI=1S/C11H13BrN2/c12-8-1-4-10-11(7-8)14(6-5-13-10)9-2-3-9/h1,4,7,9,13H,2-3,5-6H2. The topological polar surface area (TPSA) is 15.3 Å². The highest BCUT2D eigenvalue weighted by atomic mass is 79.9. The third-order valence-corrected chi connectivity index (χ3v) is 3.42. The molecule has 1 aromatic rings. The fourth-order valence-corrected chi connectivity index (χ4v) is 2.44.